The van der Waals surface area contributed by atoms with E-state index in [-0.39, 0.29) is 24.5 Å². The predicted octanol–water partition coefficient (Wildman–Crippen LogP) is -1.42. The summed E-state index contributed by atoms with van der Waals surface area (Å²) in [6.45, 7) is 2.47. The van der Waals surface area contributed by atoms with E-state index in [9.17, 15) is 4.79 Å². The van der Waals surface area contributed by atoms with Crippen LogP contribution in [0.5, 0.6) is 17.2 Å². The molecule has 6 nitrogen and oxygen atoms in total. The van der Waals surface area contributed by atoms with Gasteiger partial charge in [-0.3, -0.25) is 0 Å². The molecule has 0 bridgehead atoms. The number of halogens is 1. The van der Waals surface area contributed by atoms with Crippen LogP contribution in [0, 0.1) is 11.8 Å². The van der Waals surface area contributed by atoms with E-state index >= 15 is 0 Å². The fraction of sp³-hybridized carbons (Fsp3) is 0.650. The Morgan fingerprint density at radius 2 is 1.67 bits per heavy atom. The maximum Gasteiger partial charge on any atom is 0.338 e. The van der Waals surface area contributed by atoms with Crippen LogP contribution in [-0.2, 0) is 4.74 Å². The van der Waals surface area contributed by atoms with Crippen molar-refractivity contribution >= 4 is 5.97 Å². The highest BCUT2D eigenvalue weighted by molar-refractivity contribution is 5.91. The van der Waals surface area contributed by atoms with Gasteiger partial charge in [0.25, 0.3) is 0 Å². The van der Waals surface area contributed by atoms with Crippen molar-refractivity contribution in [2.24, 2.45) is 11.8 Å². The number of hydrogen-bond donors (Lipinski definition) is 1. The van der Waals surface area contributed by atoms with Gasteiger partial charge in [0.1, 0.15) is 6.10 Å². The maximum absolute atomic E-state index is 12.7. The summed E-state index contributed by atoms with van der Waals surface area (Å²) in [5.74, 6) is 2.53. The highest BCUT2D eigenvalue weighted by atomic mass is 35.5. The van der Waals surface area contributed by atoms with E-state index in [1.165, 1.54) is 33.7 Å². The van der Waals surface area contributed by atoms with Crippen molar-refractivity contribution in [1.82, 2.24) is 0 Å². The minimum absolute atomic E-state index is 0. The minimum Gasteiger partial charge on any atom is -1.00 e. The lowest BCUT2D eigenvalue weighted by molar-refractivity contribution is -0.890. The number of benzene rings is 1. The molecule has 7 heteroatoms. The molecule has 0 radical (unpaired) electrons. The SMILES string of the molecule is COc1cc(C(=O)O[C@H]2CCC3C[NH+](C)CCC3C2)cc(OC)c1OC.[Cl-]. The molecule has 1 N–H and O–H groups in total. The molecule has 1 saturated carbocycles. The Kier molecular flexibility index (Phi) is 7.62. The summed E-state index contributed by atoms with van der Waals surface area (Å²) in [5, 5.41) is 0. The van der Waals surface area contributed by atoms with E-state index in [1.54, 1.807) is 24.1 Å². The van der Waals surface area contributed by atoms with Crippen LogP contribution in [0.3, 0.4) is 0 Å². The molecule has 3 unspecified atom stereocenters. The maximum atomic E-state index is 12.7. The average molecular weight is 400 g/mol. The summed E-state index contributed by atoms with van der Waals surface area (Å²) >= 11 is 0. The number of nitrogens with one attached hydrogen (secondary N) is 1. The number of esters is 1. The number of rotatable bonds is 5. The summed E-state index contributed by atoms with van der Waals surface area (Å²) in [4.78, 5) is 14.3. The van der Waals surface area contributed by atoms with E-state index in [1.807, 2.05) is 0 Å². The third-order valence-corrected chi connectivity index (χ3v) is 5.82. The zero-order valence-corrected chi connectivity index (χ0v) is 17.3. The molecule has 27 heavy (non-hydrogen) atoms. The second-order valence-corrected chi connectivity index (χ2v) is 7.47. The van der Waals surface area contributed by atoms with Gasteiger partial charge in [-0.15, -0.1) is 0 Å². The first-order valence-corrected chi connectivity index (χ1v) is 9.38. The van der Waals surface area contributed by atoms with Gasteiger partial charge in [0.05, 0.1) is 47.0 Å². The number of quaternary nitrogens is 1. The largest absolute Gasteiger partial charge is 1.00 e. The van der Waals surface area contributed by atoms with E-state index in [2.05, 4.69) is 7.05 Å². The van der Waals surface area contributed by atoms with Crippen LogP contribution < -0.4 is 31.5 Å². The zero-order valence-electron chi connectivity index (χ0n) is 16.5. The monoisotopic (exact) mass is 399 g/mol. The van der Waals surface area contributed by atoms with E-state index in [0.29, 0.717) is 28.7 Å². The van der Waals surface area contributed by atoms with Crippen LogP contribution >= 0.6 is 0 Å². The molecule has 1 aliphatic heterocycles. The number of carbonyl (C=O) groups excluding carboxylic acids is 1. The molecule has 0 aromatic heterocycles. The lowest BCUT2D eigenvalue weighted by atomic mass is 9.74. The molecule has 4 atom stereocenters. The number of fused-ring (bicyclic) bond motifs is 1. The average Bonchev–Trinajstić information content (AvgIpc) is 2.66. The lowest BCUT2D eigenvalue weighted by Gasteiger charge is -2.40. The van der Waals surface area contributed by atoms with Crippen LogP contribution in [0.4, 0.5) is 0 Å². The number of piperidine rings is 1. The first-order chi connectivity index (χ1) is 12.5. The molecule has 1 aliphatic carbocycles. The van der Waals surface area contributed by atoms with Crippen molar-refractivity contribution in [2.75, 3.05) is 41.5 Å². The second-order valence-electron chi connectivity index (χ2n) is 7.47. The van der Waals surface area contributed by atoms with Crippen LogP contribution in [-0.4, -0.2) is 53.5 Å². The number of hydrogen-bond acceptors (Lipinski definition) is 5. The number of ether oxygens (including phenoxy) is 4. The van der Waals surface area contributed by atoms with Gasteiger partial charge in [-0.2, -0.15) is 0 Å². The van der Waals surface area contributed by atoms with Crippen molar-refractivity contribution < 1.29 is 41.0 Å². The fourth-order valence-electron chi connectivity index (χ4n) is 4.41. The standard InChI is InChI=1S/C20H29NO5.ClH/c1-21-8-7-13-9-16(6-5-14(13)12-21)26-20(22)15-10-17(23-2)19(25-4)18(11-15)24-3;/h10-11,13-14,16H,5-9,12H2,1-4H3;1H/t13?,14?,16-;/m0./s1. The van der Waals surface area contributed by atoms with E-state index in [4.69, 9.17) is 18.9 Å². The molecule has 1 heterocycles. The van der Waals surface area contributed by atoms with E-state index in [0.717, 1.165) is 25.2 Å². The van der Waals surface area contributed by atoms with Gasteiger partial charge in [0.2, 0.25) is 5.75 Å². The molecule has 0 spiro atoms. The third kappa shape index (κ3) is 4.79. The van der Waals surface area contributed by atoms with Crippen molar-refractivity contribution in [2.45, 2.75) is 31.8 Å². The summed E-state index contributed by atoms with van der Waals surface area (Å²) < 4.78 is 21.8. The van der Waals surface area contributed by atoms with Crippen molar-refractivity contribution in [3.05, 3.63) is 17.7 Å². The quantitative estimate of drug-likeness (QED) is 0.616. The van der Waals surface area contributed by atoms with E-state index < -0.39 is 0 Å². The number of methoxy groups -OCH3 is 3. The van der Waals surface area contributed by atoms with Gasteiger partial charge < -0.3 is 36.3 Å². The first kappa shape index (κ1) is 21.6. The Labute approximate surface area is 167 Å². The summed E-state index contributed by atoms with van der Waals surface area (Å²) in [7, 11) is 6.89. The predicted molar refractivity (Wildman–Crippen MR) is 97.4 cm³/mol. The minimum atomic E-state index is -0.328. The summed E-state index contributed by atoms with van der Waals surface area (Å²) in [6.07, 6.45) is 4.31. The van der Waals surface area contributed by atoms with Gasteiger partial charge in [-0.05, 0) is 43.7 Å². The summed E-state index contributed by atoms with van der Waals surface area (Å²) in [6, 6.07) is 3.29. The first-order valence-electron chi connectivity index (χ1n) is 9.38. The summed E-state index contributed by atoms with van der Waals surface area (Å²) in [5.41, 5.74) is 0.425. The molecule has 1 aromatic rings. The molecule has 152 valence electrons. The highest BCUT2D eigenvalue weighted by Gasteiger charge is 2.37. The molecule has 2 aliphatic rings. The molecular formula is C20H30ClNO5. The number of likely N-dealkylation sites (tertiary alicyclic amines) is 1. The smallest absolute Gasteiger partial charge is 0.338 e. The van der Waals surface area contributed by atoms with Crippen LogP contribution in [0.15, 0.2) is 12.1 Å². The second kappa shape index (κ2) is 9.51. The van der Waals surface area contributed by atoms with Crippen LogP contribution in [0.1, 0.15) is 36.0 Å². The van der Waals surface area contributed by atoms with Gasteiger partial charge in [0.15, 0.2) is 11.5 Å². The van der Waals surface area contributed by atoms with Crippen LogP contribution in [0.25, 0.3) is 0 Å². The molecule has 0 amide bonds. The molecule has 2 fully saturated rings. The Hall–Kier alpha value is -1.66. The number of carbonyl (C=O) groups is 1. The third-order valence-electron chi connectivity index (χ3n) is 5.82. The molecular weight excluding hydrogens is 370 g/mol. The van der Waals surface area contributed by atoms with Gasteiger partial charge in [-0.1, -0.05) is 0 Å². The molecule has 1 saturated heterocycles. The Morgan fingerprint density at radius 3 is 2.26 bits per heavy atom. The zero-order chi connectivity index (χ0) is 18.7. The fourth-order valence-corrected chi connectivity index (χ4v) is 4.41. The van der Waals surface area contributed by atoms with Gasteiger partial charge in [-0.25, -0.2) is 4.79 Å². The molecule has 1 aromatic carbocycles. The van der Waals surface area contributed by atoms with Crippen LogP contribution in [0.2, 0.25) is 0 Å². The Balaban J connectivity index is 0.00000261. The normalized spacial score (nSPS) is 27.0. The molecule has 3 rings (SSSR count). The topological polar surface area (TPSA) is 58.4 Å². The van der Waals surface area contributed by atoms with Crippen molar-refractivity contribution in [1.29, 1.82) is 0 Å². The lowest BCUT2D eigenvalue weighted by Crippen LogP contribution is -3.11. The Bertz CT molecular complexity index is 628. The van der Waals surface area contributed by atoms with Gasteiger partial charge in [0, 0.05) is 5.92 Å². The van der Waals surface area contributed by atoms with Crippen molar-refractivity contribution in [3.63, 3.8) is 0 Å². The Morgan fingerprint density at radius 1 is 1.00 bits per heavy atom. The highest BCUT2D eigenvalue weighted by Crippen LogP contribution is 2.39. The van der Waals surface area contributed by atoms with Gasteiger partial charge >= 0.3 is 5.97 Å². The van der Waals surface area contributed by atoms with Crippen molar-refractivity contribution in [3.8, 4) is 17.2 Å².